The molecule has 1 N–H and O–H groups in total. The molecule has 6 nitrogen and oxygen atoms in total. The van der Waals surface area contributed by atoms with E-state index >= 15 is 0 Å². The molecule has 29 heavy (non-hydrogen) atoms. The second-order valence-electron chi connectivity index (χ2n) is 7.42. The van der Waals surface area contributed by atoms with Gasteiger partial charge >= 0.3 is 0 Å². The van der Waals surface area contributed by atoms with Crippen LogP contribution in [0.2, 0.25) is 0 Å². The van der Waals surface area contributed by atoms with Crippen LogP contribution in [0.4, 0.5) is 5.69 Å². The zero-order valence-corrected chi connectivity index (χ0v) is 17.1. The van der Waals surface area contributed by atoms with Gasteiger partial charge in [-0.25, -0.2) is 0 Å². The van der Waals surface area contributed by atoms with Crippen molar-refractivity contribution < 1.29 is 14.7 Å². The quantitative estimate of drug-likeness (QED) is 0.336. The lowest BCUT2D eigenvalue weighted by Crippen LogP contribution is -2.30. The summed E-state index contributed by atoms with van der Waals surface area (Å²) in [5, 5.41) is 10.9. The van der Waals surface area contributed by atoms with Crippen molar-refractivity contribution in [2.24, 2.45) is 0 Å². The molecule has 0 spiro atoms. The molecule has 1 saturated heterocycles. The number of Topliss-reactive ketones (excluding diaryl/α,β-unsaturated/α-hetero) is 1. The summed E-state index contributed by atoms with van der Waals surface area (Å²) in [7, 11) is 3.91. The fraction of sp³-hybridized carbons (Fsp3) is 0.348. The van der Waals surface area contributed by atoms with Gasteiger partial charge in [0.15, 0.2) is 0 Å². The Hall–Kier alpha value is -3.15. The van der Waals surface area contributed by atoms with Crippen molar-refractivity contribution in [2.45, 2.75) is 32.2 Å². The Bertz CT molecular complexity index is 905. The normalized spacial score (nSPS) is 18.3. The van der Waals surface area contributed by atoms with Crippen LogP contribution in [0, 0.1) is 0 Å². The van der Waals surface area contributed by atoms with Crippen LogP contribution in [0.25, 0.3) is 5.76 Å². The topological polar surface area (TPSA) is 73.7 Å². The third-order valence-corrected chi connectivity index (χ3v) is 5.22. The number of hydrogen-bond donors (Lipinski definition) is 1. The molecule has 0 aliphatic carbocycles. The van der Waals surface area contributed by atoms with Gasteiger partial charge < -0.3 is 14.9 Å². The maximum absolute atomic E-state index is 12.9. The Labute approximate surface area is 171 Å². The third kappa shape index (κ3) is 4.16. The predicted octanol–water partition coefficient (Wildman–Crippen LogP) is 3.76. The molecule has 1 aromatic heterocycles. The number of rotatable bonds is 7. The van der Waals surface area contributed by atoms with Crippen molar-refractivity contribution in [3.63, 3.8) is 0 Å². The number of amides is 1. The highest BCUT2D eigenvalue weighted by Gasteiger charge is 2.45. The van der Waals surface area contributed by atoms with Gasteiger partial charge in [-0.05, 0) is 36.2 Å². The smallest absolute Gasteiger partial charge is 0.295 e. The number of nitrogens with zero attached hydrogens (tertiary/aromatic N) is 3. The van der Waals surface area contributed by atoms with Crippen LogP contribution in [0.3, 0.4) is 0 Å². The molecule has 1 atom stereocenters. The fourth-order valence-corrected chi connectivity index (χ4v) is 3.61. The van der Waals surface area contributed by atoms with Crippen LogP contribution >= 0.6 is 0 Å². The molecule has 1 aliphatic rings. The van der Waals surface area contributed by atoms with Crippen molar-refractivity contribution in [3.8, 4) is 0 Å². The zero-order chi connectivity index (χ0) is 21.0. The number of likely N-dealkylation sites (tertiary alicyclic amines) is 1. The van der Waals surface area contributed by atoms with Crippen LogP contribution in [0.15, 0.2) is 54.4 Å². The summed E-state index contributed by atoms with van der Waals surface area (Å²) >= 11 is 0. The molecule has 2 aromatic rings. The molecule has 152 valence electrons. The number of benzene rings is 1. The molecule has 1 amide bonds. The number of aliphatic hydroxyl groups is 1. The molecule has 2 heterocycles. The van der Waals surface area contributed by atoms with Gasteiger partial charge in [-0.3, -0.25) is 14.6 Å². The number of hydrogen-bond acceptors (Lipinski definition) is 5. The number of aromatic nitrogens is 1. The van der Waals surface area contributed by atoms with E-state index in [1.54, 1.807) is 29.4 Å². The number of carbonyl (C=O) groups excluding carboxylic acids is 2. The van der Waals surface area contributed by atoms with Gasteiger partial charge in [0.05, 0.1) is 11.6 Å². The SMILES string of the molecule is CCCCCN1C(=O)C(=O)/C(=C(\O)c2ccncc2)C1c1ccc(N(C)C)cc1. The van der Waals surface area contributed by atoms with Crippen molar-refractivity contribution >= 4 is 23.1 Å². The summed E-state index contributed by atoms with van der Waals surface area (Å²) in [6.45, 7) is 2.57. The Kier molecular flexibility index (Phi) is 6.32. The van der Waals surface area contributed by atoms with Crippen LogP contribution < -0.4 is 4.90 Å². The summed E-state index contributed by atoms with van der Waals surface area (Å²) in [6.07, 6.45) is 5.90. The summed E-state index contributed by atoms with van der Waals surface area (Å²) < 4.78 is 0. The molecule has 0 bridgehead atoms. The van der Waals surface area contributed by atoms with E-state index in [0.717, 1.165) is 30.5 Å². The van der Waals surface area contributed by atoms with Gasteiger partial charge in [-0.1, -0.05) is 31.9 Å². The lowest BCUT2D eigenvalue weighted by Gasteiger charge is -2.26. The average molecular weight is 393 g/mol. The largest absolute Gasteiger partial charge is 0.507 e. The summed E-state index contributed by atoms with van der Waals surface area (Å²) in [5.41, 5.74) is 2.43. The second kappa shape index (κ2) is 8.90. The van der Waals surface area contributed by atoms with E-state index in [4.69, 9.17) is 0 Å². The van der Waals surface area contributed by atoms with Gasteiger partial charge in [-0.15, -0.1) is 0 Å². The minimum absolute atomic E-state index is 0.135. The number of anilines is 1. The molecule has 6 heteroatoms. The minimum Gasteiger partial charge on any atom is -0.507 e. The third-order valence-electron chi connectivity index (χ3n) is 5.22. The molecule has 1 unspecified atom stereocenters. The van der Waals surface area contributed by atoms with Crippen LogP contribution in [0.1, 0.15) is 43.4 Å². The van der Waals surface area contributed by atoms with Gasteiger partial charge in [0.2, 0.25) is 0 Å². The number of carbonyl (C=O) groups is 2. The van der Waals surface area contributed by atoms with E-state index in [-0.39, 0.29) is 11.3 Å². The molecule has 3 rings (SSSR count). The highest BCUT2D eigenvalue weighted by molar-refractivity contribution is 6.46. The summed E-state index contributed by atoms with van der Waals surface area (Å²) in [6, 6.07) is 10.4. The van der Waals surface area contributed by atoms with E-state index in [9.17, 15) is 14.7 Å². The Morgan fingerprint density at radius 3 is 2.31 bits per heavy atom. The van der Waals surface area contributed by atoms with Gasteiger partial charge in [-0.2, -0.15) is 0 Å². The maximum Gasteiger partial charge on any atom is 0.295 e. The Morgan fingerprint density at radius 2 is 1.72 bits per heavy atom. The van der Waals surface area contributed by atoms with Crippen molar-refractivity contribution in [2.75, 3.05) is 25.5 Å². The predicted molar refractivity (Wildman–Crippen MR) is 114 cm³/mol. The van der Waals surface area contributed by atoms with Crippen LogP contribution in [-0.4, -0.2) is 47.3 Å². The van der Waals surface area contributed by atoms with Crippen LogP contribution in [0.5, 0.6) is 0 Å². The first kappa shape index (κ1) is 20.6. The molecular formula is C23H27N3O3. The van der Waals surface area contributed by atoms with E-state index in [0.29, 0.717) is 12.1 Å². The lowest BCUT2D eigenvalue weighted by molar-refractivity contribution is -0.139. The van der Waals surface area contributed by atoms with Crippen molar-refractivity contribution in [1.82, 2.24) is 9.88 Å². The highest BCUT2D eigenvalue weighted by atomic mass is 16.3. The lowest BCUT2D eigenvalue weighted by atomic mass is 9.95. The number of pyridine rings is 1. The van der Waals surface area contributed by atoms with E-state index in [1.165, 1.54) is 0 Å². The van der Waals surface area contributed by atoms with E-state index in [1.807, 2.05) is 43.3 Å². The molecular weight excluding hydrogens is 366 g/mol. The highest BCUT2D eigenvalue weighted by Crippen LogP contribution is 2.39. The first-order valence-electron chi connectivity index (χ1n) is 9.91. The second-order valence-corrected chi connectivity index (χ2v) is 7.42. The number of unbranched alkanes of at least 4 members (excludes halogenated alkanes) is 2. The van der Waals surface area contributed by atoms with Crippen LogP contribution in [-0.2, 0) is 9.59 Å². The average Bonchev–Trinajstić information content (AvgIpc) is 2.99. The number of aliphatic hydroxyl groups excluding tert-OH is 1. The minimum atomic E-state index is -0.641. The standard InChI is InChI=1S/C23H27N3O3/c1-4-5-6-15-26-20(16-7-9-18(10-8-16)25(2)3)19(22(28)23(26)29)21(27)17-11-13-24-14-12-17/h7-14,20,27H,4-6,15H2,1-3H3/b21-19-. The summed E-state index contributed by atoms with van der Waals surface area (Å²) in [5.74, 6) is -1.36. The monoisotopic (exact) mass is 393 g/mol. The molecule has 1 aromatic carbocycles. The van der Waals surface area contributed by atoms with Gasteiger partial charge in [0, 0.05) is 44.3 Å². The Morgan fingerprint density at radius 1 is 1.07 bits per heavy atom. The molecule has 1 fully saturated rings. The first-order valence-corrected chi connectivity index (χ1v) is 9.91. The molecule has 1 aliphatic heterocycles. The fourth-order valence-electron chi connectivity index (χ4n) is 3.61. The van der Waals surface area contributed by atoms with Crippen molar-refractivity contribution in [3.05, 3.63) is 65.5 Å². The zero-order valence-electron chi connectivity index (χ0n) is 17.1. The van der Waals surface area contributed by atoms with E-state index in [2.05, 4.69) is 11.9 Å². The number of ketones is 1. The first-order chi connectivity index (χ1) is 14.0. The molecule has 0 saturated carbocycles. The van der Waals surface area contributed by atoms with Gasteiger partial charge in [0.1, 0.15) is 5.76 Å². The maximum atomic E-state index is 12.9. The molecule has 0 radical (unpaired) electrons. The summed E-state index contributed by atoms with van der Waals surface area (Å²) in [4.78, 5) is 33.2. The Balaban J connectivity index is 2.09. The van der Waals surface area contributed by atoms with E-state index < -0.39 is 17.7 Å². The van der Waals surface area contributed by atoms with Crippen molar-refractivity contribution in [1.29, 1.82) is 0 Å². The van der Waals surface area contributed by atoms with Gasteiger partial charge in [0.25, 0.3) is 11.7 Å².